The number of imide groups is 1. The Balaban J connectivity index is 1.53. The summed E-state index contributed by atoms with van der Waals surface area (Å²) in [5.74, 6) is -1.13. The number of piperazine rings is 1. The summed E-state index contributed by atoms with van der Waals surface area (Å²) in [6.07, 6.45) is 0.0254. The summed E-state index contributed by atoms with van der Waals surface area (Å²) in [4.78, 5) is 31.3. The van der Waals surface area contributed by atoms with E-state index in [1.165, 1.54) is 0 Å². The SMILES string of the molecule is CC(C)Oc1ccc(C2=C(O)C(=O)N(c3ccc(N4CCN(C)CC4)cc3)C2=O)cc1. The van der Waals surface area contributed by atoms with E-state index in [2.05, 4.69) is 16.8 Å². The molecular formula is C24H27N3O4. The van der Waals surface area contributed by atoms with E-state index in [1.807, 2.05) is 26.0 Å². The fraction of sp³-hybridized carbons (Fsp3) is 0.333. The number of hydrogen-bond donors (Lipinski definition) is 1. The number of carbonyl (C=O) groups excluding carboxylic acids is 2. The number of aliphatic hydroxyl groups excluding tert-OH is 1. The molecule has 0 radical (unpaired) electrons. The molecule has 162 valence electrons. The van der Waals surface area contributed by atoms with Gasteiger partial charge in [0.25, 0.3) is 5.91 Å². The first-order valence-electron chi connectivity index (χ1n) is 10.5. The van der Waals surface area contributed by atoms with Gasteiger partial charge in [0.2, 0.25) is 0 Å². The van der Waals surface area contributed by atoms with Crippen LogP contribution in [0.15, 0.2) is 54.3 Å². The highest BCUT2D eigenvalue weighted by Gasteiger charge is 2.40. The predicted molar refractivity (Wildman–Crippen MR) is 120 cm³/mol. The lowest BCUT2D eigenvalue weighted by Crippen LogP contribution is -2.44. The van der Waals surface area contributed by atoms with E-state index in [-0.39, 0.29) is 11.7 Å². The molecule has 1 fully saturated rings. The van der Waals surface area contributed by atoms with Crippen molar-refractivity contribution in [2.75, 3.05) is 43.0 Å². The molecule has 0 unspecified atom stereocenters. The zero-order valence-electron chi connectivity index (χ0n) is 18.0. The third-order valence-electron chi connectivity index (χ3n) is 5.55. The first kappa shape index (κ1) is 20.9. The number of benzene rings is 2. The largest absolute Gasteiger partial charge is 0.502 e. The Bertz CT molecular complexity index is 1000. The number of ether oxygens (including phenoxy) is 1. The minimum Gasteiger partial charge on any atom is -0.502 e. The Labute approximate surface area is 182 Å². The van der Waals surface area contributed by atoms with Gasteiger partial charge in [-0.05, 0) is 62.9 Å². The standard InChI is InChI=1S/C24H27N3O4/c1-16(2)31-20-10-4-17(5-11-20)21-22(28)24(30)27(23(21)29)19-8-6-18(7-9-19)26-14-12-25(3)13-15-26/h4-11,16,28H,12-15H2,1-3H3. The second kappa shape index (κ2) is 8.43. The van der Waals surface area contributed by atoms with Crippen LogP contribution < -0.4 is 14.5 Å². The molecule has 2 aliphatic rings. The van der Waals surface area contributed by atoms with Crippen LogP contribution in [0.1, 0.15) is 19.4 Å². The van der Waals surface area contributed by atoms with Gasteiger partial charge in [0.15, 0.2) is 5.76 Å². The Morgan fingerprint density at radius 3 is 2.00 bits per heavy atom. The smallest absolute Gasteiger partial charge is 0.301 e. The third-order valence-corrected chi connectivity index (χ3v) is 5.55. The van der Waals surface area contributed by atoms with Gasteiger partial charge in [0.1, 0.15) is 5.75 Å². The van der Waals surface area contributed by atoms with E-state index < -0.39 is 17.6 Å². The molecule has 0 aromatic heterocycles. The lowest BCUT2D eigenvalue weighted by atomic mass is 10.1. The Morgan fingerprint density at radius 2 is 1.42 bits per heavy atom. The van der Waals surface area contributed by atoms with Crippen LogP contribution in [0.25, 0.3) is 5.57 Å². The van der Waals surface area contributed by atoms with Crippen molar-refractivity contribution in [3.8, 4) is 5.75 Å². The molecule has 7 heteroatoms. The van der Waals surface area contributed by atoms with Gasteiger partial charge in [-0.3, -0.25) is 9.59 Å². The van der Waals surface area contributed by atoms with E-state index >= 15 is 0 Å². The second-order valence-corrected chi connectivity index (χ2v) is 8.17. The molecule has 0 atom stereocenters. The normalized spacial score (nSPS) is 17.8. The molecule has 0 bridgehead atoms. The summed E-state index contributed by atoms with van der Waals surface area (Å²) in [5, 5.41) is 10.4. The predicted octanol–water partition coefficient (Wildman–Crippen LogP) is 3.07. The zero-order valence-corrected chi connectivity index (χ0v) is 18.0. The van der Waals surface area contributed by atoms with Gasteiger partial charge in [0.05, 0.1) is 17.4 Å². The average molecular weight is 421 g/mol. The van der Waals surface area contributed by atoms with Gasteiger partial charge in [-0.2, -0.15) is 0 Å². The van der Waals surface area contributed by atoms with Crippen molar-refractivity contribution in [3.05, 3.63) is 59.9 Å². The maximum Gasteiger partial charge on any atom is 0.301 e. The van der Waals surface area contributed by atoms with E-state index in [0.717, 1.165) is 36.8 Å². The lowest BCUT2D eigenvalue weighted by Gasteiger charge is -2.34. The maximum atomic E-state index is 13.1. The number of anilines is 2. The summed E-state index contributed by atoms with van der Waals surface area (Å²) < 4.78 is 5.62. The number of nitrogens with zero attached hydrogens (tertiary/aromatic N) is 3. The lowest BCUT2D eigenvalue weighted by molar-refractivity contribution is -0.121. The van der Waals surface area contributed by atoms with E-state index in [1.54, 1.807) is 36.4 Å². The van der Waals surface area contributed by atoms with Crippen molar-refractivity contribution in [2.45, 2.75) is 20.0 Å². The number of carbonyl (C=O) groups is 2. The highest BCUT2D eigenvalue weighted by molar-refractivity contribution is 6.44. The minimum absolute atomic E-state index is 0.00393. The number of rotatable bonds is 5. The number of hydrogen-bond acceptors (Lipinski definition) is 6. The fourth-order valence-electron chi connectivity index (χ4n) is 3.86. The van der Waals surface area contributed by atoms with Crippen LogP contribution in [0.4, 0.5) is 11.4 Å². The molecule has 2 aliphatic heterocycles. The summed E-state index contributed by atoms with van der Waals surface area (Å²) in [7, 11) is 2.10. The molecule has 2 aromatic rings. The van der Waals surface area contributed by atoms with E-state index in [0.29, 0.717) is 17.0 Å². The monoisotopic (exact) mass is 421 g/mol. The molecule has 4 rings (SSSR count). The van der Waals surface area contributed by atoms with Crippen LogP contribution in [-0.4, -0.2) is 61.2 Å². The van der Waals surface area contributed by atoms with Gasteiger partial charge in [-0.15, -0.1) is 0 Å². The molecule has 0 spiro atoms. The topological polar surface area (TPSA) is 73.3 Å². The third kappa shape index (κ3) is 4.14. The van der Waals surface area contributed by atoms with Crippen molar-refractivity contribution in [3.63, 3.8) is 0 Å². The first-order chi connectivity index (χ1) is 14.8. The zero-order chi connectivity index (χ0) is 22.1. The molecule has 1 N–H and O–H groups in total. The molecule has 1 saturated heterocycles. The average Bonchev–Trinajstić information content (AvgIpc) is 2.97. The van der Waals surface area contributed by atoms with Crippen LogP contribution in [0.5, 0.6) is 5.75 Å². The van der Waals surface area contributed by atoms with Crippen molar-refractivity contribution >= 4 is 28.8 Å². The maximum absolute atomic E-state index is 13.1. The molecule has 0 aliphatic carbocycles. The Hall–Kier alpha value is -3.32. The van der Waals surface area contributed by atoms with Crippen LogP contribution >= 0.6 is 0 Å². The first-order valence-corrected chi connectivity index (χ1v) is 10.5. The highest BCUT2D eigenvalue weighted by Crippen LogP contribution is 2.33. The van der Waals surface area contributed by atoms with Crippen LogP contribution in [-0.2, 0) is 9.59 Å². The summed E-state index contributed by atoms with van der Waals surface area (Å²) in [5.41, 5.74) is 1.97. The van der Waals surface area contributed by atoms with Gasteiger partial charge in [-0.25, -0.2) is 4.90 Å². The fourth-order valence-corrected chi connectivity index (χ4v) is 3.86. The minimum atomic E-state index is -0.713. The van der Waals surface area contributed by atoms with Gasteiger partial charge in [-0.1, -0.05) is 12.1 Å². The van der Waals surface area contributed by atoms with Gasteiger partial charge < -0.3 is 19.6 Å². The molecule has 2 aromatic carbocycles. The van der Waals surface area contributed by atoms with Crippen LogP contribution in [0.3, 0.4) is 0 Å². The summed E-state index contributed by atoms with van der Waals surface area (Å²) in [6, 6.07) is 14.1. The van der Waals surface area contributed by atoms with Gasteiger partial charge >= 0.3 is 5.91 Å². The highest BCUT2D eigenvalue weighted by atomic mass is 16.5. The quantitative estimate of drug-likeness (QED) is 0.748. The molecule has 2 heterocycles. The van der Waals surface area contributed by atoms with E-state index in [9.17, 15) is 14.7 Å². The number of amides is 2. The molecule has 7 nitrogen and oxygen atoms in total. The Kier molecular flexibility index (Phi) is 5.69. The molecule has 2 amide bonds. The van der Waals surface area contributed by atoms with Crippen LogP contribution in [0.2, 0.25) is 0 Å². The van der Waals surface area contributed by atoms with Crippen molar-refractivity contribution in [1.29, 1.82) is 0 Å². The summed E-state index contributed by atoms with van der Waals surface area (Å²) in [6.45, 7) is 7.70. The van der Waals surface area contributed by atoms with E-state index in [4.69, 9.17) is 4.74 Å². The number of likely N-dealkylation sites (N-methyl/N-ethyl adjacent to an activating group) is 1. The van der Waals surface area contributed by atoms with Crippen molar-refractivity contribution in [1.82, 2.24) is 4.90 Å². The second-order valence-electron chi connectivity index (χ2n) is 8.17. The Morgan fingerprint density at radius 1 is 0.839 bits per heavy atom. The molecule has 31 heavy (non-hydrogen) atoms. The number of aliphatic hydroxyl groups is 1. The van der Waals surface area contributed by atoms with Crippen molar-refractivity contribution < 1.29 is 19.4 Å². The van der Waals surface area contributed by atoms with Gasteiger partial charge in [0, 0.05) is 31.9 Å². The van der Waals surface area contributed by atoms with Crippen LogP contribution in [0, 0.1) is 0 Å². The van der Waals surface area contributed by atoms with Crippen molar-refractivity contribution in [2.24, 2.45) is 0 Å². The molecule has 0 saturated carbocycles. The summed E-state index contributed by atoms with van der Waals surface area (Å²) >= 11 is 0. The molecular weight excluding hydrogens is 394 g/mol.